The lowest BCUT2D eigenvalue weighted by atomic mass is 9.96. The maximum absolute atomic E-state index is 12.5. The largest absolute Gasteiger partial charge is 0.480 e. The molecule has 0 spiro atoms. The Morgan fingerprint density at radius 3 is 2.58 bits per heavy atom. The van der Waals surface area contributed by atoms with Crippen molar-refractivity contribution < 1.29 is 23.1 Å². The van der Waals surface area contributed by atoms with Crippen molar-refractivity contribution in [1.29, 1.82) is 0 Å². The van der Waals surface area contributed by atoms with E-state index in [4.69, 9.17) is 5.73 Å². The van der Waals surface area contributed by atoms with Gasteiger partial charge >= 0.3 is 5.97 Å². The van der Waals surface area contributed by atoms with Crippen molar-refractivity contribution in [3.8, 4) is 0 Å². The van der Waals surface area contributed by atoms with Gasteiger partial charge in [0.25, 0.3) is 11.5 Å². The Morgan fingerprint density at radius 1 is 1.23 bits per heavy atom. The van der Waals surface area contributed by atoms with E-state index in [9.17, 15) is 27.9 Å². The summed E-state index contributed by atoms with van der Waals surface area (Å²) in [5, 5.41) is 11.8. The summed E-state index contributed by atoms with van der Waals surface area (Å²) in [4.78, 5) is 36.3. The summed E-state index contributed by atoms with van der Waals surface area (Å²) in [6, 6.07) is 8.50. The van der Waals surface area contributed by atoms with E-state index in [-0.39, 0.29) is 21.9 Å². The topological polar surface area (TPSA) is 161 Å². The SMILES string of the molecule is NCC1CCc2cc(C(=O)NC[C@H](NS(=O)(=O)c3ccccc3)C(=O)O)cc(=O)n2C1. The number of aryl methyl sites for hydroxylation is 1. The van der Waals surface area contributed by atoms with E-state index in [2.05, 4.69) is 10.0 Å². The standard InChI is InChI=1S/C20H24N4O6S/c21-10-13-6-7-15-8-14(9-18(25)24(15)12-13)19(26)22-11-17(20(27)28)23-31(29,30)16-4-2-1-3-5-16/h1-5,8-9,13,17,23H,6-7,10-12,21H2,(H,22,26)(H,27,28)/t13?,17-/m0/s1. The lowest BCUT2D eigenvalue weighted by Gasteiger charge is -2.25. The summed E-state index contributed by atoms with van der Waals surface area (Å²) in [5.74, 6) is -1.90. The van der Waals surface area contributed by atoms with E-state index in [1.54, 1.807) is 16.7 Å². The molecule has 2 atom stereocenters. The Balaban J connectivity index is 1.70. The summed E-state index contributed by atoms with van der Waals surface area (Å²) in [7, 11) is -4.09. The molecule has 10 nitrogen and oxygen atoms in total. The average Bonchev–Trinajstić information content (AvgIpc) is 2.76. The van der Waals surface area contributed by atoms with E-state index >= 15 is 0 Å². The van der Waals surface area contributed by atoms with Crippen molar-refractivity contribution in [3.05, 3.63) is 64.1 Å². The van der Waals surface area contributed by atoms with E-state index in [0.29, 0.717) is 25.2 Å². The summed E-state index contributed by atoms with van der Waals surface area (Å²) in [6.45, 7) is 0.479. The van der Waals surface area contributed by atoms with Crippen LogP contribution in [0.2, 0.25) is 0 Å². The van der Waals surface area contributed by atoms with Gasteiger partial charge < -0.3 is 20.7 Å². The zero-order chi connectivity index (χ0) is 22.6. The Hall–Kier alpha value is -3.02. The minimum Gasteiger partial charge on any atom is -0.480 e. The highest BCUT2D eigenvalue weighted by atomic mass is 32.2. The number of aliphatic carboxylic acids is 1. The summed E-state index contributed by atoms with van der Waals surface area (Å²) in [5.41, 5.74) is 6.16. The Bertz CT molecular complexity index is 1130. The molecular weight excluding hydrogens is 424 g/mol. The summed E-state index contributed by atoms with van der Waals surface area (Å²) >= 11 is 0. The van der Waals surface area contributed by atoms with Gasteiger partial charge in [-0.05, 0) is 43.5 Å². The molecule has 2 heterocycles. The van der Waals surface area contributed by atoms with Crippen LogP contribution in [0, 0.1) is 5.92 Å². The van der Waals surface area contributed by atoms with Crippen LogP contribution in [0.1, 0.15) is 22.5 Å². The number of amides is 1. The number of carbonyl (C=O) groups is 2. The van der Waals surface area contributed by atoms with Gasteiger partial charge in [-0.25, -0.2) is 8.42 Å². The Morgan fingerprint density at radius 2 is 1.94 bits per heavy atom. The number of hydrogen-bond acceptors (Lipinski definition) is 6. The molecule has 11 heteroatoms. The Labute approximate surface area is 179 Å². The zero-order valence-corrected chi connectivity index (χ0v) is 17.5. The first-order valence-corrected chi connectivity index (χ1v) is 11.2. The molecule has 1 aromatic carbocycles. The molecule has 5 N–H and O–H groups in total. The number of hydrogen-bond donors (Lipinski definition) is 4. The molecule has 0 aliphatic carbocycles. The second kappa shape index (κ2) is 9.41. The lowest BCUT2D eigenvalue weighted by molar-refractivity contribution is -0.138. The van der Waals surface area contributed by atoms with E-state index in [1.165, 1.54) is 30.3 Å². The van der Waals surface area contributed by atoms with Crippen molar-refractivity contribution in [3.63, 3.8) is 0 Å². The van der Waals surface area contributed by atoms with Crippen LogP contribution in [0.3, 0.4) is 0 Å². The third-order valence-electron chi connectivity index (χ3n) is 5.17. The number of aromatic nitrogens is 1. The van der Waals surface area contributed by atoms with E-state index < -0.39 is 34.5 Å². The fraction of sp³-hybridized carbons (Fsp3) is 0.350. The number of nitrogens with zero attached hydrogens (tertiary/aromatic N) is 1. The first kappa shape index (κ1) is 22.7. The number of carboxylic acid groups (broad SMARTS) is 1. The Kier molecular flexibility index (Phi) is 6.88. The normalized spacial score (nSPS) is 16.9. The number of carbonyl (C=O) groups excluding carboxylic acids is 1. The highest BCUT2D eigenvalue weighted by Gasteiger charge is 2.26. The third-order valence-corrected chi connectivity index (χ3v) is 6.66. The van der Waals surface area contributed by atoms with Crippen molar-refractivity contribution in [2.24, 2.45) is 11.7 Å². The fourth-order valence-corrected chi connectivity index (χ4v) is 4.63. The number of benzene rings is 1. The molecule has 1 aliphatic heterocycles. The predicted octanol–water partition coefficient (Wildman–Crippen LogP) is -0.469. The monoisotopic (exact) mass is 448 g/mol. The van der Waals surface area contributed by atoms with Crippen LogP contribution < -0.4 is 21.3 Å². The maximum Gasteiger partial charge on any atom is 0.323 e. The van der Waals surface area contributed by atoms with Gasteiger partial charge in [-0.2, -0.15) is 4.72 Å². The van der Waals surface area contributed by atoms with Gasteiger partial charge in [-0.15, -0.1) is 0 Å². The van der Waals surface area contributed by atoms with E-state index in [0.717, 1.165) is 6.42 Å². The van der Waals surface area contributed by atoms with Gasteiger partial charge in [0, 0.05) is 30.4 Å². The molecule has 2 aromatic rings. The van der Waals surface area contributed by atoms with Gasteiger partial charge in [0.05, 0.1) is 4.90 Å². The van der Waals surface area contributed by atoms with Crippen molar-refractivity contribution in [1.82, 2.24) is 14.6 Å². The molecule has 31 heavy (non-hydrogen) atoms. The summed E-state index contributed by atoms with van der Waals surface area (Å²) < 4.78 is 28.4. The second-order valence-corrected chi connectivity index (χ2v) is 9.07. The molecule has 0 radical (unpaired) electrons. The minimum absolute atomic E-state index is 0.0916. The molecule has 0 saturated heterocycles. The number of fused-ring (bicyclic) bond motifs is 1. The minimum atomic E-state index is -4.09. The average molecular weight is 449 g/mol. The fourth-order valence-electron chi connectivity index (χ4n) is 3.42. The van der Waals surface area contributed by atoms with Crippen molar-refractivity contribution in [2.45, 2.75) is 30.3 Å². The van der Waals surface area contributed by atoms with Crippen LogP contribution in [0.4, 0.5) is 0 Å². The quantitative estimate of drug-likeness (QED) is 0.424. The van der Waals surface area contributed by atoms with Crippen LogP contribution in [0.25, 0.3) is 0 Å². The molecule has 1 unspecified atom stereocenters. The van der Waals surface area contributed by atoms with E-state index in [1.807, 2.05) is 0 Å². The van der Waals surface area contributed by atoms with Gasteiger partial charge in [0.15, 0.2) is 0 Å². The molecule has 3 rings (SSSR count). The number of nitrogens with one attached hydrogen (secondary N) is 2. The molecule has 1 aromatic heterocycles. The molecule has 1 aliphatic rings. The van der Waals surface area contributed by atoms with Crippen molar-refractivity contribution >= 4 is 21.9 Å². The number of nitrogens with two attached hydrogens (primary N) is 1. The number of carboxylic acids is 1. The highest BCUT2D eigenvalue weighted by molar-refractivity contribution is 7.89. The van der Waals surface area contributed by atoms with Gasteiger partial charge in [-0.1, -0.05) is 18.2 Å². The van der Waals surface area contributed by atoms with Crippen LogP contribution in [-0.2, 0) is 27.8 Å². The van der Waals surface area contributed by atoms with Crippen molar-refractivity contribution in [2.75, 3.05) is 13.1 Å². The number of rotatable bonds is 8. The highest BCUT2D eigenvalue weighted by Crippen LogP contribution is 2.18. The molecular formula is C20H24N4O6S. The molecule has 0 bridgehead atoms. The van der Waals surface area contributed by atoms with Gasteiger partial charge in [0.2, 0.25) is 10.0 Å². The molecule has 1 amide bonds. The van der Waals surface area contributed by atoms with Gasteiger partial charge in [-0.3, -0.25) is 14.4 Å². The first-order valence-electron chi connectivity index (χ1n) is 9.73. The van der Waals surface area contributed by atoms with Crippen LogP contribution in [0.5, 0.6) is 0 Å². The van der Waals surface area contributed by atoms with Gasteiger partial charge in [0.1, 0.15) is 6.04 Å². The smallest absolute Gasteiger partial charge is 0.323 e. The molecule has 166 valence electrons. The number of sulfonamides is 1. The van der Waals surface area contributed by atoms with Crippen LogP contribution in [-0.4, -0.2) is 49.1 Å². The maximum atomic E-state index is 12.5. The predicted molar refractivity (Wildman–Crippen MR) is 112 cm³/mol. The molecule has 0 saturated carbocycles. The van der Waals surface area contributed by atoms with Crippen LogP contribution in [0.15, 0.2) is 52.2 Å². The summed E-state index contributed by atoms with van der Waals surface area (Å²) in [6.07, 6.45) is 1.41. The first-order chi connectivity index (χ1) is 14.7. The molecule has 0 fully saturated rings. The zero-order valence-electron chi connectivity index (χ0n) is 16.7. The lowest BCUT2D eigenvalue weighted by Crippen LogP contribution is -2.48. The van der Waals surface area contributed by atoms with Crippen LogP contribution >= 0.6 is 0 Å². The second-order valence-electron chi connectivity index (χ2n) is 7.36. The third kappa shape index (κ3) is 5.37. The number of pyridine rings is 1.